The Hall–Kier alpha value is -2.66. The number of carbonyl (C=O) groups is 2. The molecule has 0 radical (unpaired) electrons. The molecule has 1 amide bonds. The predicted molar refractivity (Wildman–Crippen MR) is 99.7 cm³/mol. The van der Waals surface area contributed by atoms with Crippen molar-refractivity contribution in [1.82, 2.24) is 5.32 Å². The average molecular weight is 352 g/mol. The van der Waals surface area contributed by atoms with Crippen LogP contribution < -0.4 is 11.1 Å². The Labute approximate surface area is 153 Å². The van der Waals surface area contributed by atoms with Crippen molar-refractivity contribution in [3.63, 3.8) is 0 Å². The van der Waals surface area contributed by atoms with Gasteiger partial charge in [-0.3, -0.25) is 4.79 Å². The molecule has 0 bridgehead atoms. The molecule has 136 valence electrons. The van der Waals surface area contributed by atoms with Crippen molar-refractivity contribution in [2.45, 2.75) is 37.8 Å². The number of hydrogen-bond acceptors (Lipinski definition) is 4. The second-order valence-corrected chi connectivity index (χ2v) is 6.65. The Morgan fingerprint density at radius 3 is 2.65 bits per heavy atom. The fourth-order valence-electron chi connectivity index (χ4n) is 3.42. The Morgan fingerprint density at radius 2 is 1.92 bits per heavy atom. The minimum Gasteiger partial charge on any atom is -0.465 e. The summed E-state index contributed by atoms with van der Waals surface area (Å²) in [5, 5.41) is 3.10. The van der Waals surface area contributed by atoms with E-state index >= 15 is 0 Å². The second kappa shape index (κ2) is 8.15. The standard InChI is InChI=1S/C21H24N2O3/c1-26-21(25)16-11-9-14(10-12-16)13-18(22)20(24)23-19-8-4-6-15-5-2-3-7-17(15)19/h2-3,5,7,9-12,18-19H,4,6,8,13,22H2,1H3,(H,23,24). The number of hydrogen-bond donors (Lipinski definition) is 2. The Balaban J connectivity index is 1.61. The lowest BCUT2D eigenvalue weighted by Gasteiger charge is -2.27. The number of fused-ring (bicyclic) bond motifs is 1. The number of nitrogens with one attached hydrogen (secondary N) is 1. The molecule has 0 spiro atoms. The summed E-state index contributed by atoms with van der Waals surface area (Å²) in [6.45, 7) is 0. The molecule has 3 N–H and O–H groups in total. The topological polar surface area (TPSA) is 81.4 Å². The van der Waals surface area contributed by atoms with Crippen LogP contribution in [0.2, 0.25) is 0 Å². The van der Waals surface area contributed by atoms with E-state index in [4.69, 9.17) is 5.73 Å². The van der Waals surface area contributed by atoms with E-state index in [0.717, 1.165) is 24.8 Å². The van der Waals surface area contributed by atoms with Crippen molar-refractivity contribution in [3.05, 3.63) is 70.8 Å². The highest BCUT2D eigenvalue weighted by Crippen LogP contribution is 2.29. The van der Waals surface area contributed by atoms with Crippen LogP contribution in [-0.4, -0.2) is 25.0 Å². The number of carbonyl (C=O) groups excluding carboxylic acids is 2. The molecule has 2 unspecified atom stereocenters. The molecule has 2 aromatic carbocycles. The first-order valence-corrected chi connectivity index (χ1v) is 8.89. The third-order valence-corrected chi connectivity index (χ3v) is 4.85. The molecule has 1 aliphatic carbocycles. The second-order valence-electron chi connectivity index (χ2n) is 6.65. The smallest absolute Gasteiger partial charge is 0.337 e. The van der Waals surface area contributed by atoms with Gasteiger partial charge in [0, 0.05) is 0 Å². The monoisotopic (exact) mass is 352 g/mol. The van der Waals surface area contributed by atoms with E-state index in [9.17, 15) is 9.59 Å². The van der Waals surface area contributed by atoms with Crippen LogP contribution in [0.3, 0.4) is 0 Å². The van der Waals surface area contributed by atoms with Gasteiger partial charge in [0.15, 0.2) is 0 Å². The summed E-state index contributed by atoms with van der Waals surface area (Å²) < 4.78 is 4.68. The van der Waals surface area contributed by atoms with E-state index in [2.05, 4.69) is 22.2 Å². The maximum atomic E-state index is 12.5. The maximum absolute atomic E-state index is 12.5. The van der Waals surface area contributed by atoms with Crippen molar-refractivity contribution < 1.29 is 14.3 Å². The zero-order chi connectivity index (χ0) is 18.5. The van der Waals surface area contributed by atoms with Gasteiger partial charge in [0.2, 0.25) is 5.91 Å². The average Bonchev–Trinajstić information content (AvgIpc) is 2.68. The van der Waals surface area contributed by atoms with Gasteiger partial charge in [-0.1, -0.05) is 36.4 Å². The number of esters is 1. The fourth-order valence-corrected chi connectivity index (χ4v) is 3.42. The molecular weight excluding hydrogens is 328 g/mol. The van der Waals surface area contributed by atoms with E-state index in [1.807, 2.05) is 12.1 Å². The van der Waals surface area contributed by atoms with Crippen molar-refractivity contribution in [2.24, 2.45) is 5.73 Å². The number of aryl methyl sites for hydroxylation is 1. The van der Waals surface area contributed by atoms with Crippen LogP contribution in [0.4, 0.5) is 0 Å². The van der Waals surface area contributed by atoms with Crippen LogP contribution in [0, 0.1) is 0 Å². The Kier molecular flexibility index (Phi) is 5.68. The van der Waals surface area contributed by atoms with Crippen LogP contribution >= 0.6 is 0 Å². The quantitative estimate of drug-likeness (QED) is 0.810. The van der Waals surface area contributed by atoms with E-state index < -0.39 is 6.04 Å². The van der Waals surface area contributed by atoms with Crippen LogP contribution in [0.15, 0.2) is 48.5 Å². The number of ether oxygens (including phenoxy) is 1. The van der Waals surface area contributed by atoms with E-state index in [-0.39, 0.29) is 17.9 Å². The molecule has 3 rings (SSSR count). The zero-order valence-electron chi connectivity index (χ0n) is 14.9. The van der Waals surface area contributed by atoms with Crippen molar-refractivity contribution in [3.8, 4) is 0 Å². The molecule has 0 saturated carbocycles. The van der Waals surface area contributed by atoms with Gasteiger partial charge in [-0.15, -0.1) is 0 Å². The normalized spacial score (nSPS) is 17.1. The molecule has 0 saturated heterocycles. The lowest BCUT2D eigenvalue weighted by Crippen LogP contribution is -2.44. The lowest BCUT2D eigenvalue weighted by molar-refractivity contribution is -0.123. The summed E-state index contributed by atoms with van der Waals surface area (Å²) in [5.74, 6) is -0.529. The van der Waals surface area contributed by atoms with Gasteiger partial charge in [-0.2, -0.15) is 0 Å². The Bertz CT molecular complexity index is 786. The van der Waals surface area contributed by atoms with Crippen LogP contribution in [0.25, 0.3) is 0 Å². The molecule has 2 aromatic rings. The first-order chi connectivity index (χ1) is 12.6. The summed E-state index contributed by atoms with van der Waals surface area (Å²) in [6.07, 6.45) is 3.47. The number of nitrogens with two attached hydrogens (primary N) is 1. The molecule has 0 aromatic heterocycles. The summed E-state index contributed by atoms with van der Waals surface area (Å²) >= 11 is 0. The van der Waals surface area contributed by atoms with Gasteiger partial charge in [-0.05, 0) is 54.5 Å². The first-order valence-electron chi connectivity index (χ1n) is 8.89. The highest BCUT2D eigenvalue weighted by Gasteiger charge is 2.24. The van der Waals surface area contributed by atoms with E-state index in [1.54, 1.807) is 24.3 Å². The largest absolute Gasteiger partial charge is 0.465 e. The minimum absolute atomic E-state index is 0.0280. The minimum atomic E-state index is -0.631. The summed E-state index contributed by atoms with van der Waals surface area (Å²) in [5.41, 5.74) is 9.99. The van der Waals surface area contributed by atoms with Gasteiger partial charge in [0.25, 0.3) is 0 Å². The number of rotatable bonds is 5. The third-order valence-electron chi connectivity index (χ3n) is 4.85. The molecular formula is C21H24N2O3. The summed E-state index contributed by atoms with van der Waals surface area (Å²) in [4.78, 5) is 24.0. The fraction of sp³-hybridized carbons (Fsp3) is 0.333. The van der Waals surface area contributed by atoms with Crippen LogP contribution in [-0.2, 0) is 22.4 Å². The van der Waals surface area contributed by atoms with Crippen molar-refractivity contribution >= 4 is 11.9 Å². The van der Waals surface area contributed by atoms with Crippen molar-refractivity contribution in [1.29, 1.82) is 0 Å². The molecule has 0 aliphatic heterocycles. The summed E-state index contributed by atoms with van der Waals surface area (Å²) in [6, 6.07) is 14.6. The molecule has 5 nitrogen and oxygen atoms in total. The number of methoxy groups -OCH3 is 1. The number of amides is 1. The maximum Gasteiger partial charge on any atom is 0.337 e. The summed E-state index contributed by atoms with van der Waals surface area (Å²) in [7, 11) is 1.35. The highest BCUT2D eigenvalue weighted by molar-refractivity contribution is 5.89. The van der Waals surface area contributed by atoms with E-state index in [0.29, 0.717) is 12.0 Å². The molecule has 0 heterocycles. The predicted octanol–water partition coefficient (Wildman–Crippen LogP) is 2.54. The van der Waals surface area contributed by atoms with E-state index in [1.165, 1.54) is 18.2 Å². The molecule has 2 atom stereocenters. The zero-order valence-corrected chi connectivity index (χ0v) is 14.9. The Morgan fingerprint density at radius 1 is 1.19 bits per heavy atom. The van der Waals surface area contributed by atoms with Gasteiger partial charge < -0.3 is 15.8 Å². The van der Waals surface area contributed by atoms with Gasteiger partial charge in [0.05, 0.1) is 24.8 Å². The number of benzene rings is 2. The van der Waals surface area contributed by atoms with Crippen molar-refractivity contribution in [2.75, 3.05) is 7.11 Å². The van der Waals surface area contributed by atoms with Crippen LogP contribution in [0.5, 0.6) is 0 Å². The lowest BCUT2D eigenvalue weighted by atomic mass is 9.87. The van der Waals surface area contributed by atoms with Gasteiger partial charge in [0.1, 0.15) is 0 Å². The van der Waals surface area contributed by atoms with Gasteiger partial charge >= 0.3 is 5.97 Å². The molecule has 5 heteroatoms. The molecule has 26 heavy (non-hydrogen) atoms. The van der Waals surface area contributed by atoms with Gasteiger partial charge in [-0.25, -0.2) is 4.79 Å². The molecule has 0 fully saturated rings. The SMILES string of the molecule is COC(=O)c1ccc(CC(N)C(=O)NC2CCCc3ccccc32)cc1. The highest BCUT2D eigenvalue weighted by atomic mass is 16.5. The van der Waals surface area contributed by atoms with Crippen LogP contribution in [0.1, 0.15) is 45.9 Å². The molecule has 1 aliphatic rings. The third kappa shape index (κ3) is 4.11. The first kappa shape index (κ1) is 18.1.